The van der Waals surface area contributed by atoms with Crippen molar-refractivity contribution in [3.8, 4) is 0 Å². The summed E-state index contributed by atoms with van der Waals surface area (Å²) in [4.78, 5) is 0. The first-order valence-electron chi connectivity index (χ1n) is 7.62. The molecular weight excluding hydrogens is 260 g/mol. The van der Waals surface area contributed by atoms with Gasteiger partial charge in [0.05, 0.1) is 0 Å². The topological polar surface area (TPSA) is 27.7 Å². The molecule has 18 heavy (non-hydrogen) atoms. The van der Waals surface area contributed by atoms with Crippen LogP contribution in [0.4, 0.5) is 0 Å². The fourth-order valence-electron chi connectivity index (χ4n) is 2.21. The SMILES string of the molecule is CCCO[Si](OCCC)O[SiH2]C1CCCCCC1. The molecule has 0 bridgehead atoms. The summed E-state index contributed by atoms with van der Waals surface area (Å²) < 4.78 is 17.5. The van der Waals surface area contributed by atoms with Gasteiger partial charge in [-0.25, -0.2) is 0 Å². The van der Waals surface area contributed by atoms with Crippen LogP contribution >= 0.6 is 0 Å². The summed E-state index contributed by atoms with van der Waals surface area (Å²) in [6.07, 6.45) is 10.5. The van der Waals surface area contributed by atoms with Crippen LogP contribution in [0.25, 0.3) is 0 Å². The maximum Gasteiger partial charge on any atom is 0.566 e. The molecule has 107 valence electrons. The Labute approximate surface area is 116 Å². The van der Waals surface area contributed by atoms with Gasteiger partial charge in [-0.3, -0.25) is 0 Å². The zero-order valence-corrected chi connectivity index (χ0v) is 14.5. The highest BCUT2D eigenvalue weighted by Gasteiger charge is 2.21. The van der Waals surface area contributed by atoms with Gasteiger partial charge in [0.1, 0.15) is 0 Å². The Morgan fingerprint density at radius 1 is 0.944 bits per heavy atom. The first-order chi connectivity index (χ1) is 8.86. The zero-order valence-electron chi connectivity index (χ0n) is 12.1. The molecule has 0 aromatic heterocycles. The number of rotatable bonds is 9. The van der Waals surface area contributed by atoms with Crippen molar-refractivity contribution in [3.63, 3.8) is 0 Å². The van der Waals surface area contributed by atoms with Gasteiger partial charge < -0.3 is 13.0 Å². The fraction of sp³-hybridized carbons (Fsp3) is 1.00. The summed E-state index contributed by atoms with van der Waals surface area (Å²) in [5, 5.41) is 0. The first-order valence-corrected chi connectivity index (χ1v) is 10.2. The van der Waals surface area contributed by atoms with E-state index >= 15 is 0 Å². The second kappa shape index (κ2) is 11.2. The second-order valence-electron chi connectivity index (χ2n) is 5.12. The molecule has 0 spiro atoms. The monoisotopic (exact) mass is 289 g/mol. The minimum Gasteiger partial charge on any atom is -0.419 e. The molecule has 0 amide bonds. The Bertz CT molecular complexity index is 177. The quantitative estimate of drug-likeness (QED) is 0.482. The van der Waals surface area contributed by atoms with E-state index in [1.54, 1.807) is 0 Å². The van der Waals surface area contributed by atoms with Crippen molar-refractivity contribution in [1.29, 1.82) is 0 Å². The highest BCUT2D eigenvalue weighted by atomic mass is 28.4. The standard InChI is InChI=1S/C13H29O3Si2/c1-3-11-14-18(15-12-4-2)16-17-13-9-7-5-6-8-10-13/h13H,3-12,17H2,1-2H3. The van der Waals surface area contributed by atoms with Gasteiger partial charge in [-0.1, -0.05) is 52.4 Å². The molecule has 0 aliphatic heterocycles. The molecule has 0 atom stereocenters. The molecule has 3 nitrogen and oxygen atoms in total. The molecule has 1 aliphatic rings. The summed E-state index contributed by atoms with van der Waals surface area (Å²) in [6.45, 7) is 5.80. The van der Waals surface area contributed by atoms with Gasteiger partial charge in [-0.15, -0.1) is 0 Å². The Kier molecular flexibility index (Phi) is 10.2. The van der Waals surface area contributed by atoms with E-state index in [9.17, 15) is 0 Å². The van der Waals surface area contributed by atoms with Gasteiger partial charge in [0, 0.05) is 13.2 Å². The summed E-state index contributed by atoms with van der Waals surface area (Å²) in [7, 11) is -1.88. The van der Waals surface area contributed by atoms with Crippen molar-refractivity contribution >= 4 is 19.3 Å². The zero-order chi connectivity index (χ0) is 13.1. The van der Waals surface area contributed by atoms with Crippen LogP contribution in [0, 0.1) is 0 Å². The molecular formula is C13H29O3Si2. The van der Waals surface area contributed by atoms with E-state index < -0.39 is 19.3 Å². The van der Waals surface area contributed by atoms with Crippen molar-refractivity contribution in [2.75, 3.05) is 13.2 Å². The summed E-state index contributed by atoms with van der Waals surface area (Å²) >= 11 is 0. The molecule has 0 N–H and O–H groups in total. The van der Waals surface area contributed by atoms with Crippen LogP contribution in [0.15, 0.2) is 0 Å². The van der Waals surface area contributed by atoms with Crippen molar-refractivity contribution in [2.45, 2.75) is 70.8 Å². The predicted molar refractivity (Wildman–Crippen MR) is 79.3 cm³/mol. The van der Waals surface area contributed by atoms with Crippen LogP contribution in [0.2, 0.25) is 5.54 Å². The van der Waals surface area contributed by atoms with Crippen molar-refractivity contribution in [3.05, 3.63) is 0 Å². The first kappa shape index (κ1) is 16.4. The van der Waals surface area contributed by atoms with Crippen LogP contribution in [-0.2, 0) is 13.0 Å². The summed E-state index contributed by atoms with van der Waals surface area (Å²) in [5.74, 6) is 0. The van der Waals surface area contributed by atoms with Crippen LogP contribution in [-0.4, -0.2) is 32.5 Å². The smallest absolute Gasteiger partial charge is 0.419 e. The van der Waals surface area contributed by atoms with E-state index in [2.05, 4.69) is 13.8 Å². The highest BCUT2D eigenvalue weighted by Crippen LogP contribution is 2.26. The highest BCUT2D eigenvalue weighted by molar-refractivity contribution is 6.48. The third-order valence-corrected chi connectivity index (χ3v) is 7.04. The lowest BCUT2D eigenvalue weighted by Gasteiger charge is -2.18. The molecule has 5 heteroatoms. The predicted octanol–water partition coefficient (Wildman–Crippen LogP) is 3.07. The van der Waals surface area contributed by atoms with E-state index in [-0.39, 0.29) is 0 Å². The van der Waals surface area contributed by atoms with Crippen LogP contribution in [0.1, 0.15) is 65.2 Å². The molecule has 0 saturated heterocycles. The van der Waals surface area contributed by atoms with Crippen molar-refractivity contribution in [1.82, 2.24) is 0 Å². The van der Waals surface area contributed by atoms with Crippen LogP contribution in [0.5, 0.6) is 0 Å². The van der Waals surface area contributed by atoms with Crippen LogP contribution in [0.3, 0.4) is 0 Å². The average molecular weight is 290 g/mol. The molecule has 0 aromatic rings. The van der Waals surface area contributed by atoms with E-state index in [0.717, 1.165) is 31.6 Å². The maximum atomic E-state index is 6.04. The minimum atomic E-state index is -1.42. The van der Waals surface area contributed by atoms with Gasteiger partial charge in [0.25, 0.3) is 0 Å². The average Bonchev–Trinajstić information content (AvgIpc) is 2.66. The third kappa shape index (κ3) is 7.68. The molecule has 0 unspecified atom stereocenters. The summed E-state index contributed by atoms with van der Waals surface area (Å²) in [6, 6.07) is 0. The van der Waals surface area contributed by atoms with Gasteiger partial charge >= 0.3 is 9.53 Å². The molecule has 1 aliphatic carbocycles. The lowest BCUT2D eigenvalue weighted by Crippen LogP contribution is -2.31. The molecule has 1 radical (unpaired) electrons. The fourth-order valence-corrected chi connectivity index (χ4v) is 6.10. The van der Waals surface area contributed by atoms with Gasteiger partial charge in [0.15, 0.2) is 9.76 Å². The molecule has 0 aromatic carbocycles. The Balaban J connectivity index is 2.20. The lowest BCUT2D eigenvalue weighted by atomic mass is 10.2. The van der Waals surface area contributed by atoms with Gasteiger partial charge in [-0.05, 0) is 18.4 Å². The summed E-state index contributed by atoms with van der Waals surface area (Å²) in [5.41, 5.74) is 0.864. The van der Waals surface area contributed by atoms with E-state index in [1.165, 1.54) is 38.5 Å². The van der Waals surface area contributed by atoms with Crippen LogP contribution < -0.4 is 0 Å². The van der Waals surface area contributed by atoms with Gasteiger partial charge in [0.2, 0.25) is 0 Å². The Morgan fingerprint density at radius 2 is 1.50 bits per heavy atom. The van der Waals surface area contributed by atoms with E-state index in [1.807, 2.05) is 0 Å². The second-order valence-corrected chi connectivity index (χ2v) is 8.84. The Morgan fingerprint density at radius 3 is 2.00 bits per heavy atom. The molecule has 1 fully saturated rings. The normalized spacial score (nSPS) is 18.8. The third-order valence-electron chi connectivity index (χ3n) is 3.26. The molecule has 1 rings (SSSR count). The van der Waals surface area contributed by atoms with Gasteiger partial charge in [-0.2, -0.15) is 0 Å². The Hall–Kier alpha value is 0.314. The van der Waals surface area contributed by atoms with E-state index in [0.29, 0.717) is 0 Å². The molecule has 0 heterocycles. The lowest BCUT2D eigenvalue weighted by molar-refractivity contribution is 0.141. The van der Waals surface area contributed by atoms with Crippen molar-refractivity contribution < 1.29 is 13.0 Å². The van der Waals surface area contributed by atoms with E-state index in [4.69, 9.17) is 13.0 Å². The number of hydrogen-bond donors (Lipinski definition) is 0. The maximum absolute atomic E-state index is 6.04. The largest absolute Gasteiger partial charge is 0.566 e. The van der Waals surface area contributed by atoms with Crippen molar-refractivity contribution in [2.24, 2.45) is 0 Å². The number of hydrogen-bond acceptors (Lipinski definition) is 3. The minimum absolute atomic E-state index is 0.465. The molecule has 1 saturated carbocycles.